The number of nitrogens with one attached hydrogen (secondary N) is 1. The van der Waals surface area contributed by atoms with Gasteiger partial charge in [0, 0.05) is 20.0 Å². The summed E-state index contributed by atoms with van der Waals surface area (Å²) in [6, 6.07) is 14.1. The van der Waals surface area contributed by atoms with Crippen LogP contribution in [0.1, 0.15) is 19.4 Å². The number of hydrogen-bond acceptors (Lipinski definition) is 3. The summed E-state index contributed by atoms with van der Waals surface area (Å²) in [5.74, 6) is -0.229. The maximum Gasteiger partial charge on any atom is 0.254 e. The second-order valence-corrected chi connectivity index (χ2v) is 6.34. The van der Waals surface area contributed by atoms with Gasteiger partial charge in [-0.1, -0.05) is 42.5 Å². The molecule has 1 aliphatic rings. The maximum atomic E-state index is 12.6. The van der Waals surface area contributed by atoms with E-state index in [2.05, 4.69) is 17.4 Å². The van der Waals surface area contributed by atoms with E-state index in [9.17, 15) is 9.59 Å². The fraction of sp³-hybridized carbons (Fsp3) is 0.368. The van der Waals surface area contributed by atoms with Crippen LogP contribution in [0.4, 0.5) is 0 Å². The lowest BCUT2D eigenvalue weighted by molar-refractivity contribution is -0.162. The molecule has 0 unspecified atom stereocenters. The molecule has 3 rings (SSSR count). The van der Waals surface area contributed by atoms with Crippen LogP contribution in [-0.4, -0.2) is 42.0 Å². The van der Waals surface area contributed by atoms with Crippen LogP contribution in [0.25, 0.3) is 10.8 Å². The van der Waals surface area contributed by atoms with Crippen LogP contribution < -0.4 is 5.32 Å². The van der Waals surface area contributed by atoms with Crippen molar-refractivity contribution in [3.8, 4) is 0 Å². The second kappa shape index (κ2) is 6.61. The van der Waals surface area contributed by atoms with Crippen molar-refractivity contribution in [3.63, 3.8) is 0 Å². The van der Waals surface area contributed by atoms with Crippen LogP contribution >= 0.6 is 0 Å². The van der Waals surface area contributed by atoms with Gasteiger partial charge < -0.3 is 15.0 Å². The Balaban J connectivity index is 1.71. The van der Waals surface area contributed by atoms with Crippen LogP contribution in [0.2, 0.25) is 0 Å². The topological polar surface area (TPSA) is 58.6 Å². The Kier molecular flexibility index (Phi) is 4.53. The van der Waals surface area contributed by atoms with Crippen LogP contribution in [0.3, 0.4) is 0 Å². The smallest absolute Gasteiger partial charge is 0.254 e. The van der Waals surface area contributed by atoms with Crippen molar-refractivity contribution in [2.24, 2.45) is 0 Å². The Morgan fingerprint density at radius 3 is 2.75 bits per heavy atom. The number of nitrogens with zero attached hydrogens (tertiary/aromatic N) is 1. The number of rotatable bonds is 3. The molecular weight excluding hydrogens is 304 g/mol. The van der Waals surface area contributed by atoms with Gasteiger partial charge in [-0.15, -0.1) is 0 Å². The average Bonchev–Trinajstić information content (AvgIpc) is 2.59. The van der Waals surface area contributed by atoms with E-state index in [4.69, 9.17) is 4.74 Å². The van der Waals surface area contributed by atoms with Gasteiger partial charge in [0.05, 0.1) is 13.2 Å². The lowest BCUT2D eigenvalue weighted by atomic mass is 10.0. The summed E-state index contributed by atoms with van der Waals surface area (Å²) >= 11 is 0. The molecule has 5 nitrogen and oxygen atoms in total. The van der Waals surface area contributed by atoms with Gasteiger partial charge in [-0.25, -0.2) is 0 Å². The zero-order chi connectivity index (χ0) is 17.2. The molecule has 0 bridgehead atoms. The molecule has 1 atom stereocenters. The number of hydrogen-bond donors (Lipinski definition) is 1. The SMILES string of the molecule is CC(=O)N1CCO[C@](C)(C(=O)NCc2cccc3ccccc23)C1. The van der Waals surface area contributed by atoms with Gasteiger partial charge in [-0.3, -0.25) is 9.59 Å². The number of carbonyl (C=O) groups excluding carboxylic acids is 2. The molecule has 0 aliphatic carbocycles. The van der Waals surface area contributed by atoms with Gasteiger partial charge in [0.1, 0.15) is 0 Å². The van der Waals surface area contributed by atoms with E-state index in [0.717, 1.165) is 16.3 Å². The fourth-order valence-corrected chi connectivity index (χ4v) is 3.09. The number of fused-ring (bicyclic) bond motifs is 1. The van der Waals surface area contributed by atoms with Crippen molar-refractivity contribution >= 4 is 22.6 Å². The molecule has 1 N–H and O–H groups in total. The van der Waals surface area contributed by atoms with Gasteiger partial charge in [0.25, 0.3) is 5.91 Å². The summed E-state index contributed by atoms with van der Waals surface area (Å²) in [4.78, 5) is 25.9. The zero-order valence-electron chi connectivity index (χ0n) is 14.0. The Bertz CT molecular complexity index is 769. The van der Waals surface area contributed by atoms with Crippen molar-refractivity contribution in [3.05, 3.63) is 48.0 Å². The molecule has 0 spiro atoms. The molecular formula is C19H22N2O3. The normalized spacial score (nSPS) is 20.8. The van der Waals surface area contributed by atoms with Gasteiger partial charge in [-0.05, 0) is 23.3 Å². The summed E-state index contributed by atoms with van der Waals surface area (Å²) in [6.45, 7) is 4.86. The van der Waals surface area contributed by atoms with E-state index in [1.807, 2.05) is 30.3 Å². The quantitative estimate of drug-likeness (QED) is 0.940. The summed E-state index contributed by atoms with van der Waals surface area (Å²) < 4.78 is 5.68. The van der Waals surface area contributed by atoms with Gasteiger partial charge >= 0.3 is 0 Å². The van der Waals surface area contributed by atoms with Crippen LogP contribution in [0.5, 0.6) is 0 Å². The van der Waals surface area contributed by atoms with E-state index in [-0.39, 0.29) is 18.4 Å². The van der Waals surface area contributed by atoms with Gasteiger partial charge in [0.15, 0.2) is 5.60 Å². The molecule has 1 heterocycles. The molecule has 0 aromatic heterocycles. The number of benzene rings is 2. The molecule has 2 amide bonds. The molecule has 5 heteroatoms. The number of morpholine rings is 1. The fourth-order valence-electron chi connectivity index (χ4n) is 3.09. The highest BCUT2D eigenvalue weighted by molar-refractivity contribution is 5.88. The third-order valence-corrected chi connectivity index (χ3v) is 4.52. The van der Waals surface area contributed by atoms with E-state index in [0.29, 0.717) is 19.7 Å². The van der Waals surface area contributed by atoms with Crippen molar-refractivity contribution < 1.29 is 14.3 Å². The number of carbonyl (C=O) groups is 2. The predicted molar refractivity (Wildman–Crippen MR) is 92.4 cm³/mol. The van der Waals surface area contributed by atoms with Crippen molar-refractivity contribution in [2.45, 2.75) is 26.0 Å². The van der Waals surface area contributed by atoms with E-state index >= 15 is 0 Å². The molecule has 0 radical (unpaired) electrons. The monoisotopic (exact) mass is 326 g/mol. The van der Waals surface area contributed by atoms with Crippen LogP contribution in [0.15, 0.2) is 42.5 Å². The molecule has 126 valence electrons. The first-order valence-electron chi connectivity index (χ1n) is 8.14. The first-order valence-corrected chi connectivity index (χ1v) is 8.14. The van der Waals surface area contributed by atoms with Crippen molar-refractivity contribution in [2.75, 3.05) is 19.7 Å². The first-order chi connectivity index (χ1) is 11.5. The van der Waals surface area contributed by atoms with Crippen molar-refractivity contribution in [1.82, 2.24) is 10.2 Å². The summed E-state index contributed by atoms with van der Waals surface area (Å²) in [7, 11) is 0. The summed E-state index contributed by atoms with van der Waals surface area (Å²) in [5.41, 5.74) is 0.0541. The lowest BCUT2D eigenvalue weighted by Gasteiger charge is -2.38. The third-order valence-electron chi connectivity index (χ3n) is 4.52. The number of ether oxygens (including phenoxy) is 1. The molecule has 2 aromatic carbocycles. The Labute approximate surface area is 141 Å². The summed E-state index contributed by atoms with van der Waals surface area (Å²) in [5, 5.41) is 5.23. The molecule has 1 fully saturated rings. The molecule has 1 aliphatic heterocycles. The van der Waals surface area contributed by atoms with E-state index in [1.54, 1.807) is 11.8 Å². The largest absolute Gasteiger partial charge is 0.362 e. The standard InChI is InChI=1S/C19H22N2O3/c1-14(22)21-10-11-24-19(2,13-21)18(23)20-12-16-8-5-7-15-6-3-4-9-17(15)16/h3-9H,10-13H2,1-2H3,(H,20,23)/t19-/m0/s1. The molecule has 2 aromatic rings. The summed E-state index contributed by atoms with van der Waals surface area (Å²) in [6.07, 6.45) is 0. The average molecular weight is 326 g/mol. The van der Waals surface area contributed by atoms with Gasteiger partial charge in [-0.2, -0.15) is 0 Å². The van der Waals surface area contributed by atoms with E-state index < -0.39 is 5.60 Å². The van der Waals surface area contributed by atoms with Gasteiger partial charge in [0.2, 0.25) is 5.91 Å². The predicted octanol–water partition coefficient (Wildman–Crippen LogP) is 2.09. The Morgan fingerprint density at radius 2 is 1.96 bits per heavy atom. The minimum absolute atomic E-state index is 0.0358. The highest BCUT2D eigenvalue weighted by Crippen LogP contribution is 2.20. The maximum absolute atomic E-state index is 12.6. The van der Waals surface area contributed by atoms with Crippen LogP contribution in [0, 0.1) is 0 Å². The molecule has 24 heavy (non-hydrogen) atoms. The third kappa shape index (κ3) is 3.26. The zero-order valence-corrected chi connectivity index (χ0v) is 14.0. The lowest BCUT2D eigenvalue weighted by Crippen LogP contribution is -2.58. The molecule has 0 saturated carbocycles. The van der Waals surface area contributed by atoms with Crippen LogP contribution in [-0.2, 0) is 20.9 Å². The highest BCUT2D eigenvalue weighted by Gasteiger charge is 2.39. The first kappa shape index (κ1) is 16.5. The highest BCUT2D eigenvalue weighted by atomic mass is 16.5. The Hall–Kier alpha value is -2.40. The number of amides is 2. The minimum atomic E-state index is -1.01. The van der Waals surface area contributed by atoms with Crippen molar-refractivity contribution in [1.29, 1.82) is 0 Å². The second-order valence-electron chi connectivity index (χ2n) is 6.34. The molecule has 1 saturated heterocycles. The van der Waals surface area contributed by atoms with E-state index in [1.165, 1.54) is 6.92 Å². The minimum Gasteiger partial charge on any atom is -0.362 e. The Morgan fingerprint density at radius 1 is 1.21 bits per heavy atom.